The van der Waals surface area contributed by atoms with Gasteiger partial charge in [-0.15, -0.1) is 10.2 Å². The fourth-order valence-corrected chi connectivity index (χ4v) is 5.07. The van der Waals surface area contributed by atoms with Gasteiger partial charge in [0.25, 0.3) is 0 Å². The number of carbonyl (C=O) groups is 1. The van der Waals surface area contributed by atoms with Crippen molar-refractivity contribution in [3.05, 3.63) is 48.5 Å². The summed E-state index contributed by atoms with van der Waals surface area (Å²) in [6, 6.07) is 15.6. The number of hydrogen-bond acceptors (Lipinski definition) is 6. The summed E-state index contributed by atoms with van der Waals surface area (Å²) in [6.07, 6.45) is 4.55. The Balaban J connectivity index is 1.65. The van der Waals surface area contributed by atoms with Crippen LogP contribution in [0.3, 0.4) is 0 Å². The second-order valence-electron chi connectivity index (χ2n) is 8.30. The maximum absolute atomic E-state index is 13.2. The topological polar surface area (TPSA) is 69.5 Å². The second kappa shape index (κ2) is 11.4. The number of thioether (sulfide) groups is 1. The van der Waals surface area contributed by atoms with Crippen molar-refractivity contribution in [3.63, 3.8) is 0 Å². The van der Waals surface area contributed by atoms with Gasteiger partial charge in [-0.3, -0.25) is 9.36 Å². The lowest BCUT2D eigenvalue weighted by Gasteiger charge is -2.23. The molecule has 0 saturated carbocycles. The largest absolute Gasteiger partial charge is 0.497 e. The standard InChI is InChI=1S/C26H32N4O3S/c1-4-33-23-15-11-21(12-16-23)30-24(20-9-13-22(32-3)14-10-20)27-28-26(30)34-19(2)25(31)29-17-7-5-6-8-18-29/h9-16,19H,4-8,17-18H2,1-3H3. The SMILES string of the molecule is CCOc1ccc(-n2c(SC(C)C(=O)N3CCCCCC3)nnc2-c2ccc(OC)cc2)cc1. The predicted octanol–water partition coefficient (Wildman–Crippen LogP) is 5.22. The molecule has 3 aromatic rings. The third-order valence-corrected chi connectivity index (χ3v) is 6.97. The number of hydrogen-bond donors (Lipinski definition) is 0. The molecule has 34 heavy (non-hydrogen) atoms. The molecule has 1 fully saturated rings. The molecule has 4 rings (SSSR count). The van der Waals surface area contributed by atoms with E-state index < -0.39 is 0 Å². The van der Waals surface area contributed by atoms with Crippen LogP contribution in [0, 0.1) is 0 Å². The highest BCUT2D eigenvalue weighted by molar-refractivity contribution is 8.00. The van der Waals surface area contributed by atoms with Crippen molar-refractivity contribution in [3.8, 4) is 28.6 Å². The van der Waals surface area contributed by atoms with Gasteiger partial charge in [-0.05, 0) is 75.2 Å². The molecule has 2 heterocycles. The first-order valence-electron chi connectivity index (χ1n) is 11.9. The Morgan fingerprint density at radius 3 is 2.24 bits per heavy atom. The molecule has 1 unspecified atom stereocenters. The van der Waals surface area contributed by atoms with Crippen LogP contribution in [-0.2, 0) is 4.79 Å². The molecule has 1 saturated heterocycles. The molecule has 1 aliphatic heterocycles. The molecule has 0 bridgehead atoms. The van der Waals surface area contributed by atoms with Crippen molar-refractivity contribution in [2.45, 2.75) is 49.9 Å². The quantitative estimate of drug-likeness (QED) is 0.412. The number of amides is 1. The minimum absolute atomic E-state index is 0.166. The molecular formula is C26H32N4O3S. The number of nitrogens with zero attached hydrogens (tertiary/aromatic N) is 4. The Labute approximate surface area is 205 Å². The van der Waals surface area contributed by atoms with E-state index >= 15 is 0 Å². The van der Waals surface area contributed by atoms with Gasteiger partial charge in [0, 0.05) is 24.3 Å². The number of carbonyl (C=O) groups excluding carboxylic acids is 1. The van der Waals surface area contributed by atoms with Crippen molar-refractivity contribution < 1.29 is 14.3 Å². The van der Waals surface area contributed by atoms with Crippen LogP contribution in [0.4, 0.5) is 0 Å². The number of rotatable bonds is 8. The summed E-state index contributed by atoms with van der Waals surface area (Å²) in [5.41, 5.74) is 1.83. The summed E-state index contributed by atoms with van der Waals surface area (Å²) in [5, 5.41) is 9.44. The Morgan fingerprint density at radius 2 is 1.62 bits per heavy atom. The molecule has 7 nitrogen and oxygen atoms in total. The lowest BCUT2D eigenvalue weighted by molar-refractivity contribution is -0.130. The normalized spacial score (nSPS) is 15.0. The summed E-state index contributed by atoms with van der Waals surface area (Å²) in [7, 11) is 1.65. The van der Waals surface area contributed by atoms with Gasteiger partial charge in [-0.2, -0.15) is 0 Å². The van der Waals surface area contributed by atoms with Crippen LogP contribution < -0.4 is 9.47 Å². The number of benzene rings is 2. The first-order valence-corrected chi connectivity index (χ1v) is 12.8. The molecule has 180 valence electrons. The van der Waals surface area contributed by atoms with E-state index in [2.05, 4.69) is 10.2 Å². The van der Waals surface area contributed by atoms with Crippen LogP contribution in [0.15, 0.2) is 53.7 Å². The molecule has 0 aliphatic carbocycles. The van der Waals surface area contributed by atoms with Gasteiger partial charge < -0.3 is 14.4 Å². The molecule has 1 atom stereocenters. The molecule has 1 aliphatic rings. The maximum atomic E-state index is 13.2. The number of likely N-dealkylation sites (tertiary alicyclic amines) is 1. The average Bonchev–Trinajstić information content (AvgIpc) is 3.08. The Hall–Kier alpha value is -3.00. The first kappa shape index (κ1) is 24.1. The zero-order valence-corrected chi connectivity index (χ0v) is 20.9. The molecule has 8 heteroatoms. The van der Waals surface area contributed by atoms with E-state index in [1.165, 1.54) is 24.6 Å². The molecule has 0 radical (unpaired) electrons. The predicted molar refractivity (Wildman–Crippen MR) is 135 cm³/mol. The summed E-state index contributed by atoms with van der Waals surface area (Å²) < 4.78 is 12.9. The summed E-state index contributed by atoms with van der Waals surface area (Å²) in [4.78, 5) is 15.2. The molecule has 0 spiro atoms. The fraction of sp³-hybridized carbons (Fsp3) is 0.423. The van der Waals surface area contributed by atoms with E-state index in [0.717, 1.165) is 48.7 Å². The van der Waals surface area contributed by atoms with Crippen molar-refractivity contribution in [1.29, 1.82) is 0 Å². The Morgan fingerprint density at radius 1 is 0.971 bits per heavy atom. The van der Waals surface area contributed by atoms with E-state index in [0.29, 0.717) is 17.6 Å². The smallest absolute Gasteiger partial charge is 0.235 e. The lowest BCUT2D eigenvalue weighted by atomic mass is 10.2. The van der Waals surface area contributed by atoms with E-state index in [1.54, 1.807) is 7.11 Å². The van der Waals surface area contributed by atoms with Crippen LogP contribution >= 0.6 is 11.8 Å². The van der Waals surface area contributed by atoms with Gasteiger partial charge in [0.2, 0.25) is 5.91 Å². The van der Waals surface area contributed by atoms with Crippen LogP contribution in [0.2, 0.25) is 0 Å². The van der Waals surface area contributed by atoms with Crippen LogP contribution in [0.1, 0.15) is 39.5 Å². The van der Waals surface area contributed by atoms with Crippen LogP contribution in [0.5, 0.6) is 11.5 Å². The Kier molecular flexibility index (Phi) is 8.11. The number of ether oxygens (including phenoxy) is 2. The molecular weight excluding hydrogens is 448 g/mol. The molecule has 2 aromatic carbocycles. The highest BCUT2D eigenvalue weighted by atomic mass is 32.2. The highest BCUT2D eigenvalue weighted by Crippen LogP contribution is 2.32. The van der Waals surface area contributed by atoms with Crippen molar-refractivity contribution in [1.82, 2.24) is 19.7 Å². The van der Waals surface area contributed by atoms with Crippen LogP contribution in [0.25, 0.3) is 17.1 Å². The first-order chi connectivity index (χ1) is 16.6. The molecule has 1 aromatic heterocycles. The van der Waals surface area contributed by atoms with Gasteiger partial charge >= 0.3 is 0 Å². The minimum atomic E-state index is -0.257. The second-order valence-corrected chi connectivity index (χ2v) is 9.60. The summed E-state index contributed by atoms with van der Waals surface area (Å²) >= 11 is 1.45. The van der Waals surface area contributed by atoms with Gasteiger partial charge in [-0.1, -0.05) is 24.6 Å². The van der Waals surface area contributed by atoms with E-state index in [9.17, 15) is 4.79 Å². The summed E-state index contributed by atoms with van der Waals surface area (Å²) in [6.45, 7) is 6.22. The van der Waals surface area contributed by atoms with Gasteiger partial charge in [0.1, 0.15) is 11.5 Å². The fourth-order valence-electron chi connectivity index (χ4n) is 4.12. The number of methoxy groups -OCH3 is 1. The van der Waals surface area contributed by atoms with Crippen molar-refractivity contribution >= 4 is 17.7 Å². The van der Waals surface area contributed by atoms with E-state index in [-0.39, 0.29) is 11.2 Å². The van der Waals surface area contributed by atoms with Crippen molar-refractivity contribution in [2.75, 3.05) is 26.8 Å². The van der Waals surface area contributed by atoms with E-state index in [1.807, 2.05) is 71.8 Å². The van der Waals surface area contributed by atoms with Gasteiger partial charge in [-0.25, -0.2) is 0 Å². The third kappa shape index (κ3) is 5.55. The third-order valence-electron chi connectivity index (χ3n) is 5.94. The molecule has 1 amide bonds. The highest BCUT2D eigenvalue weighted by Gasteiger charge is 2.26. The lowest BCUT2D eigenvalue weighted by Crippen LogP contribution is -2.37. The zero-order valence-electron chi connectivity index (χ0n) is 20.1. The average molecular weight is 481 g/mol. The monoisotopic (exact) mass is 480 g/mol. The zero-order chi connectivity index (χ0) is 23.9. The molecule has 0 N–H and O–H groups in total. The summed E-state index contributed by atoms with van der Waals surface area (Å²) in [5.74, 6) is 2.47. The Bertz CT molecular complexity index is 1070. The number of aromatic nitrogens is 3. The minimum Gasteiger partial charge on any atom is -0.497 e. The van der Waals surface area contributed by atoms with Crippen molar-refractivity contribution in [2.24, 2.45) is 0 Å². The van der Waals surface area contributed by atoms with Crippen LogP contribution in [-0.4, -0.2) is 57.6 Å². The van der Waals surface area contributed by atoms with Gasteiger partial charge in [0.05, 0.1) is 19.0 Å². The van der Waals surface area contributed by atoms with E-state index in [4.69, 9.17) is 9.47 Å². The van der Waals surface area contributed by atoms with Gasteiger partial charge in [0.15, 0.2) is 11.0 Å². The maximum Gasteiger partial charge on any atom is 0.235 e.